The number of ketones is 1. The van der Waals surface area contributed by atoms with Gasteiger partial charge in [-0.25, -0.2) is 0 Å². The minimum atomic E-state index is -2.62. The highest BCUT2D eigenvalue weighted by Crippen LogP contribution is 2.43. The fourth-order valence-corrected chi connectivity index (χ4v) is 5.12. The number of ether oxygens (including phenoxy) is 2. The van der Waals surface area contributed by atoms with Crippen LogP contribution in [0.5, 0.6) is 0 Å². The van der Waals surface area contributed by atoms with Crippen LogP contribution in [0.15, 0.2) is 48.5 Å². The molecule has 2 aromatic carbocycles. The Bertz CT molecular complexity index is 1140. The van der Waals surface area contributed by atoms with Crippen molar-refractivity contribution in [1.82, 2.24) is 0 Å². The fourth-order valence-electron chi connectivity index (χ4n) is 5.12. The number of hydrogen-bond acceptors (Lipinski definition) is 10. The number of aliphatic hydroxyl groups is 3. The van der Waals surface area contributed by atoms with E-state index >= 15 is 0 Å². The van der Waals surface area contributed by atoms with Gasteiger partial charge in [-0.2, -0.15) is 0 Å². The minimum absolute atomic E-state index is 0.0674. The van der Waals surface area contributed by atoms with Crippen LogP contribution in [0, 0.1) is 10.1 Å². The fraction of sp³-hybridized carbons (Fsp3) is 0.462. The Labute approximate surface area is 212 Å². The van der Waals surface area contributed by atoms with Crippen LogP contribution >= 0.6 is 0 Å². The van der Waals surface area contributed by atoms with Crippen molar-refractivity contribution >= 4 is 12.1 Å². The van der Waals surface area contributed by atoms with Crippen molar-refractivity contribution in [3.8, 4) is 0 Å². The first-order valence-corrected chi connectivity index (χ1v) is 11.8. The number of fused-ring (bicyclic) bond motifs is 1. The molecule has 4 rings (SSSR count). The maximum Gasteiger partial charge on any atom is 0.297 e. The van der Waals surface area contributed by atoms with Crippen molar-refractivity contribution in [1.29, 1.82) is 0 Å². The largest absolute Gasteiger partial charge is 0.388 e. The predicted molar refractivity (Wildman–Crippen MR) is 127 cm³/mol. The number of Topliss-reactive ketones (excluding diaryl/α,β-unsaturated/α-hetero) is 1. The Morgan fingerprint density at radius 2 is 1.84 bits per heavy atom. The molecule has 197 valence electrons. The number of carbonyl (C=O) groups excluding carboxylic acids is 2. The van der Waals surface area contributed by atoms with Crippen LogP contribution in [0.2, 0.25) is 0 Å². The third kappa shape index (κ3) is 5.27. The zero-order valence-corrected chi connectivity index (χ0v) is 20.1. The molecule has 0 aromatic heterocycles. The predicted octanol–water partition coefficient (Wildman–Crippen LogP) is 0.974. The Morgan fingerprint density at radius 3 is 2.41 bits per heavy atom. The zero-order chi connectivity index (χ0) is 26.8. The van der Waals surface area contributed by atoms with E-state index in [-0.39, 0.29) is 25.2 Å². The molecule has 0 amide bonds. The molecule has 0 spiro atoms. The van der Waals surface area contributed by atoms with Gasteiger partial charge in [0.1, 0.15) is 24.1 Å². The summed E-state index contributed by atoms with van der Waals surface area (Å²) in [6, 6.07) is 13.9. The number of nitrogens with zero attached hydrogens (tertiary/aromatic N) is 1. The van der Waals surface area contributed by atoms with Gasteiger partial charge in [0.2, 0.25) is 12.1 Å². The monoisotopic (exact) mass is 514 g/mol. The van der Waals surface area contributed by atoms with Crippen molar-refractivity contribution in [3.05, 3.63) is 80.9 Å². The Hall–Kier alpha value is -3.22. The summed E-state index contributed by atoms with van der Waals surface area (Å²) in [5.74, 6) is -3.20. The van der Waals surface area contributed by atoms with Crippen LogP contribution in [0.4, 0.5) is 0 Å². The highest BCUT2D eigenvalue weighted by Gasteiger charge is 2.66. The van der Waals surface area contributed by atoms with Crippen LogP contribution in [0.1, 0.15) is 47.9 Å². The lowest BCUT2D eigenvalue weighted by atomic mass is 9.83. The summed E-state index contributed by atoms with van der Waals surface area (Å²) < 4.78 is 10.7. The first-order valence-electron chi connectivity index (χ1n) is 11.8. The maximum atomic E-state index is 12.4. The van der Waals surface area contributed by atoms with Crippen molar-refractivity contribution in [2.75, 3.05) is 13.2 Å². The molecular formula is C26H28NO10. The SMILES string of the molecule is CC(=O)C(c1ccc([C]=O)cc1)c1ccc(CCCC(O)(O[N+](=O)[O-])[C@]2(O)CO[C@@H]3[C@@H](O)CO[C@@H]32)cc1. The van der Waals surface area contributed by atoms with Gasteiger partial charge in [0.15, 0.2) is 5.60 Å². The van der Waals surface area contributed by atoms with Crippen molar-refractivity contribution in [2.45, 2.75) is 61.8 Å². The average molecular weight is 515 g/mol. The number of carbonyl (C=O) groups is 1. The van der Waals surface area contributed by atoms with Gasteiger partial charge in [-0.1, -0.05) is 48.5 Å². The Morgan fingerprint density at radius 1 is 1.22 bits per heavy atom. The van der Waals surface area contributed by atoms with E-state index in [2.05, 4.69) is 4.84 Å². The molecule has 2 aliphatic heterocycles. The summed E-state index contributed by atoms with van der Waals surface area (Å²) in [4.78, 5) is 38.9. The summed E-state index contributed by atoms with van der Waals surface area (Å²) in [7, 11) is 0. The Balaban J connectivity index is 1.45. The second-order valence-electron chi connectivity index (χ2n) is 9.48. The van der Waals surface area contributed by atoms with E-state index in [0.29, 0.717) is 12.0 Å². The lowest BCUT2D eigenvalue weighted by molar-refractivity contribution is -0.803. The van der Waals surface area contributed by atoms with Crippen molar-refractivity contribution in [3.63, 3.8) is 0 Å². The summed E-state index contributed by atoms with van der Waals surface area (Å²) in [5, 5.41) is 42.1. The molecule has 0 saturated carbocycles. The molecule has 2 aliphatic rings. The number of aryl methyl sites for hydroxylation is 1. The third-order valence-corrected chi connectivity index (χ3v) is 7.06. The smallest absolute Gasteiger partial charge is 0.297 e. The number of aliphatic hydroxyl groups excluding tert-OH is 1. The molecule has 11 heteroatoms. The van der Waals surface area contributed by atoms with Gasteiger partial charge < -0.3 is 24.8 Å². The maximum absolute atomic E-state index is 12.4. The molecule has 0 bridgehead atoms. The molecule has 11 nitrogen and oxygen atoms in total. The van der Waals surface area contributed by atoms with Crippen molar-refractivity contribution < 1.29 is 44.3 Å². The quantitative estimate of drug-likeness (QED) is 0.223. The van der Waals surface area contributed by atoms with E-state index in [9.17, 15) is 35.0 Å². The van der Waals surface area contributed by atoms with Crippen LogP contribution < -0.4 is 0 Å². The molecule has 3 N–H and O–H groups in total. The minimum Gasteiger partial charge on any atom is -0.388 e. The third-order valence-electron chi connectivity index (χ3n) is 7.06. The summed E-state index contributed by atoms with van der Waals surface area (Å²) in [6.45, 7) is 0.847. The van der Waals surface area contributed by atoms with Gasteiger partial charge in [-0.15, -0.1) is 10.1 Å². The molecule has 2 saturated heterocycles. The first kappa shape index (κ1) is 26.8. The Kier molecular flexibility index (Phi) is 7.72. The lowest BCUT2D eigenvalue weighted by Gasteiger charge is -2.40. The summed E-state index contributed by atoms with van der Waals surface area (Å²) >= 11 is 0. The standard InChI is InChI=1S/C26H28NO10/c1-16(29)22(20-10-6-18(13-28)7-11-20)19-8-4-17(5-9-19)3-2-12-26(32,37-27(33)34)25(31)15-36-23-21(30)14-35-24(23)25/h4-11,21-24,30-32H,2-3,12,14-15H2,1H3/t21-,22?,23+,24-,25-,26?/m0/s1. The van der Waals surface area contributed by atoms with Gasteiger partial charge in [-0.05, 0) is 36.5 Å². The first-order chi connectivity index (χ1) is 17.6. The molecule has 0 aliphatic carbocycles. The van der Waals surface area contributed by atoms with E-state index in [0.717, 1.165) is 16.7 Å². The van der Waals surface area contributed by atoms with E-state index in [1.54, 1.807) is 42.7 Å². The van der Waals surface area contributed by atoms with Gasteiger partial charge >= 0.3 is 0 Å². The zero-order valence-electron chi connectivity index (χ0n) is 20.1. The highest BCUT2D eigenvalue weighted by atomic mass is 17.0. The molecule has 2 aromatic rings. The number of benzene rings is 2. The average Bonchev–Trinajstić information content (AvgIpc) is 3.41. The van der Waals surface area contributed by atoms with Gasteiger partial charge in [0.05, 0.1) is 19.1 Å². The van der Waals surface area contributed by atoms with Gasteiger partial charge in [0, 0.05) is 12.0 Å². The van der Waals surface area contributed by atoms with E-state index in [1.807, 2.05) is 12.1 Å². The van der Waals surface area contributed by atoms with Crippen LogP contribution in [0.25, 0.3) is 0 Å². The van der Waals surface area contributed by atoms with Crippen LogP contribution in [-0.4, -0.2) is 75.4 Å². The van der Waals surface area contributed by atoms with Gasteiger partial charge in [0.25, 0.3) is 5.09 Å². The molecule has 6 atom stereocenters. The number of rotatable bonds is 11. The molecule has 2 fully saturated rings. The topological polar surface area (TPSA) is 166 Å². The van der Waals surface area contributed by atoms with E-state index < -0.39 is 47.3 Å². The summed E-state index contributed by atoms with van der Waals surface area (Å²) in [6.07, 6.45) is -1.07. The molecule has 2 heterocycles. The van der Waals surface area contributed by atoms with Crippen LogP contribution in [0.3, 0.4) is 0 Å². The second-order valence-corrected chi connectivity index (χ2v) is 9.48. The highest BCUT2D eigenvalue weighted by molar-refractivity contribution is 5.87. The van der Waals surface area contributed by atoms with Gasteiger partial charge in [-0.3, -0.25) is 14.4 Å². The molecule has 2 unspecified atom stereocenters. The lowest BCUT2D eigenvalue weighted by Crippen LogP contribution is -2.64. The van der Waals surface area contributed by atoms with Crippen LogP contribution in [-0.2, 0) is 30.3 Å². The molecule has 1 radical (unpaired) electrons. The molecular weight excluding hydrogens is 486 g/mol. The van der Waals surface area contributed by atoms with E-state index in [1.165, 1.54) is 6.92 Å². The molecule has 37 heavy (non-hydrogen) atoms. The van der Waals surface area contributed by atoms with Crippen molar-refractivity contribution in [2.24, 2.45) is 0 Å². The second kappa shape index (κ2) is 10.6. The number of hydrogen-bond donors (Lipinski definition) is 3. The summed E-state index contributed by atoms with van der Waals surface area (Å²) in [5.41, 5.74) is 0.471. The normalized spacial score (nSPS) is 27.2. The van der Waals surface area contributed by atoms with E-state index in [4.69, 9.17) is 9.47 Å².